The third-order valence-corrected chi connectivity index (χ3v) is 5.59. The zero-order chi connectivity index (χ0) is 16.5. The van der Waals surface area contributed by atoms with Gasteiger partial charge in [0.25, 0.3) is 5.56 Å². The smallest absolute Gasteiger partial charge is 0.260 e. The summed E-state index contributed by atoms with van der Waals surface area (Å²) in [5.74, 6) is 1.38. The Hall–Kier alpha value is -2.40. The molecule has 1 aromatic carbocycles. The number of para-hydroxylation sites is 1. The van der Waals surface area contributed by atoms with Gasteiger partial charge in [-0.25, -0.2) is 4.98 Å². The predicted molar refractivity (Wildman–Crippen MR) is 98.8 cm³/mol. The fraction of sp³-hybridized carbons (Fsp3) is 0.263. The van der Waals surface area contributed by atoms with E-state index < -0.39 is 0 Å². The quantitative estimate of drug-likeness (QED) is 0.784. The summed E-state index contributed by atoms with van der Waals surface area (Å²) < 4.78 is 5.34. The zero-order valence-electron chi connectivity index (χ0n) is 13.5. The maximum atomic E-state index is 12.5. The molecule has 0 unspecified atom stereocenters. The molecule has 4 rings (SSSR count). The molecule has 4 nitrogen and oxygen atoms in total. The third-order valence-electron chi connectivity index (χ3n) is 4.40. The third kappa shape index (κ3) is 2.65. The van der Waals surface area contributed by atoms with Crippen LogP contribution in [-0.2, 0) is 12.8 Å². The lowest BCUT2D eigenvalue weighted by atomic mass is 9.97. The lowest BCUT2D eigenvalue weighted by Crippen LogP contribution is -2.11. The maximum Gasteiger partial charge on any atom is 0.260 e. The molecule has 0 saturated carbocycles. The number of hydrogen-bond acceptors (Lipinski definition) is 4. The van der Waals surface area contributed by atoms with E-state index in [2.05, 4.69) is 9.97 Å². The van der Waals surface area contributed by atoms with Crippen molar-refractivity contribution in [3.05, 3.63) is 56.4 Å². The molecule has 0 saturated heterocycles. The van der Waals surface area contributed by atoms with Gasteiger partial charge in [0.15, 0.2) is 0 Å². The van der Waals surface area contributed by atoms with Gasteiger partial charge in [0.05, 0.1) is 12.5 Å². The lowest BCUT2D eigenvalue weighted by molar-refractivity contribution is 0.414. The number of fused-ring (bicyclic) bond motifs is 3. The van der Waals surface area contributed by atoms with Crippen molar-refractivity contribution >= 4 is 33.7 Å². The molecule has 0 fully saturated rings. The first kappa shape index (κ1) is 15.1. The van der Waals surface area contributed by atoms with Gasteiger partial charge in [-0.1, -0.05) is 18.2 Å². The highest BCUT2D eigenvalue weighted by Crippen LogP contribution is 2.33. The van der Waals surface area contributed by atoms with Crippen molar-refractivity contribution in [1.82, 2.24) is 9.97 Å². The van der Waals surface area contributed by atoms with Gasteiger partial charge in [0.1, 0.15) is 16.4 Å². The second-order valence-electron chi connectivity index (χ2n) is 5.92. The Labute approximate surface area is 143 Å². The van der Waals surface area contributed by atoms with Crippen LogP contribution in [-0.4, -0.2) is 17.1 Å². The largest absolute Gasteiger partial charge is 0.496 e. The highest BCUT2D eigenvalue weighted by atomic mass is 32.1. The Morgan fingerprint density at radius 1 is 1.21 bits per heavy atom. The maximum absolute atomic E-state index is 12.5. The van der Waals surface area contributed by atoms with E-state index in [0.29, 0.717) is 5.82 Å². The number of H-pyrrole nitrogens is 1. The van der Waals surface area contributed by atoms with Gasteiger partial charge in [-0.3, -0.25) is 4.79 Å². The molecule has 122 valence electrons. The highest BCUT2D eigenvalue weighted by molar-refractivity contribution is 7.18. The average Bonchev–Trinajstić information content (AvgIpc) is 2.99. The summed E-state index contributed by atoms with van der Waals surface area (Å²) in [6, 6.07) is 7.76. The number of nitrogens with one attached hydrogen (secondary N) is 1. The van der Waals surface area contributed by atoms with Crippen LogP contribution in [0.3, 0.4) is 0 Å². The summed E-state index contributed by atoms with van der Waals surface area (Å²) in [4.78, 5) is 22.3. The molecule has 2 aromatic heterocycles. The first-order valence-electron chi connectivity index (χ1n) is 8.12. The highest BCUT2D eigenvalue weighted by Gasteiger charge is 2.19. The fourth-order valence-electron chi connectivity index (χ4n) is 3.23. The van der Waals surface area contributed by atoms with E-state index in [9.17, 15) is 4.79 Å². The van der Waals surface area contributed by atoms with E-state index in [1.807, 2.05) is 36.4 Å². The number of benzene rings is 1. The molecule has 5 heteroatoms. The van der Waals surface area contributed by atoms with E-state index in [4.69, 9.17) is 4.74 Å². The van der Waals surface area contributed by atoms with Crippen LogP contribution in [0.1, 0.15) is 34.7 Å². The summed E-state index contributed by atoms with van der Waals surface area (Å²) in [5.41, 5.74) is 2.14. The Morgan fingerprint density at radius 2 is 2.04 bits per heavy atom. The van der Waals surface area contributed by atoms with E-state index in [0.717, 1.165) is 40.8 Å². The van der Waals surface area contributed by atoms with Crippen molar-refractivity contribution in [3.63, 3.8) is 0 Å². The number of nitrogens with zero attached hydrogens (tertiary/aromatic N) is 1. The van der Waals surface area contributed by atoms with Crippen molar-refractivity contribution in [2.45, 2.75) is 25.7 Å². The van der Waals surface area contributed by atoms with Gasteiger partial charge >= 0.3 is 0 Å². The van der Waals surface area contributed by atoms with Gasteiger partial charge in [-0.2, -0.15) is 0 Å². The van der Waals surface area contributed by atoms with Crippen molar-refractivity contribution in [2.24, 2.45) is 0 Å². The van der Waals surface area contributed by atoms with Gasteiger partial charge in [-0.15, -0.1) is 11.3 Å². The standard InChI is InChI=1S/C19H18N2O2S/c1-23-14-8-4-2-6-12(14)10-11-16-20-18(22)17-13-7-3-5-9-15(13)24-19(17)21-16/h2,4,6,8,10-11H,3,5,7,9H2,1H3,(H,20,21,22)/b11-10+. The topological polar surface area (TPSA) is 55.0 Å². The van der Waals surface area contributed by atoms with Crippen LogP contribution < -0.4 is 10.3 Å². The van der Waals surface area contributed by atoms with Crippen LogP contribution in [0.5, 0.6) is 5.75 Å². The predicted octanol–water partition coefficient (Wildman–Crippen LogP) is 4.04. The molecular formula is C19H18N2O2S. The number of hydrogen-bond donors (Lipinski definition) is 1. The number of thiophene rings is 1. The van der Waals surface area contributed by atoms with Gasteiger partial charge in [-0.05, 0) is 49.5 Å². The SMILES string of the molecule is COc1ccccc1/C=C/c1nc2sc3c(c2c(=O)[nH]1)CCCC3. The molecule has 1 N–H and O–H groups in total. The van der Waals surface area contributed by atoms with E-state index in [1.165, 1.54) is 16.9 Å². The second-order valence-corrected chi connectivity index (χ2v) is 7.00. The second kappa shape index (κ2) is 6.24. The van der Waals surface area contributed by atoms with Crippen LogP contribution >= 0.6 is 11.3 Å². The summed E-state index contributed by atoms with van der Waals surface area (Å²) >= 11 is 1.67. The molecule has 1 aliphatic rings. The zero-order valence-corrected chi connectivity index (χ0v) is 14.3. The summed E-state index contributed by atoms with van der Waals surface area (Å²) in [7, 11) is 1.65. The minimum atomic E-state index is -0.0286. The number of ether oxygens (including phenoxy) is 1. The molecule has 0 spiro atoms. The van der Waals surface area contributed by atoms with Crippen molar-refractivity contribution < 1.29 is 4.74 Å². The van der Waals surface area contributed by atoms with Crippen LogP contribution in [0.4, 0.5) is 0 Å². The van der Waals surface area contributed by atoms with Crippen molar-refractivity contribution in [2.75, 3.05) is 7.11 Å². The van der Waals surface area contributed by atoms with Gasteiger partial charge in [0.2, 0.25) is 0 Å². The number of aromatic nitrogens is 2. The van der Waals surface area contributed by atoms with Crippen LogP contribution in [0, 0.1) is 0 Å². The molecule has 3 aromatic rings. The van der Waals surface area contributed by atoms with E-state index in [-0.39, 0.29) is 5.56 Å². The Morgan fingerprint density at radius 3 is 2.92 bits per heavy atom. The first-order chi connectivity index (χ1) is 11.8. The minimum Gasteiger partial charge on any atom is -0.496 e. The number of rotatable bonds is 3. The van der Waals surface area contributed by atoms with Gasteiger partial charge < -0.3 is 9.72 Å². The lowest BCUT2D eigenvalue weighted by Gasteiger charge is -2.09. The summed E-state index contributed by atoms with van der Waals surface area (Å²) in [6.45, 7) is 0. The molecule has 0 amide bonds. The normalized spacial score (nSPS) is 14.2. The fourth-order valence-corrected chi connectivity index (χ4v) is 4.50. The Kier molecular flexibility index (Phi) is 3.94. The van der Waals surface area contributed by atoms with Crippen molar-refractivity contribution in [1.29, 1.82) is 0 Å². The van der Waals surface area contributed by atoms with Crippen LogP contribution in [0.25, 0.3) is 22.4 Å². The molecular weight excluding hydrogens is 320 g/mol. The Balaban J connectivity index is 1.75. The van der Waals surface area contributed by atoms with Crippen LogP contribution in [0.15, 0.2) is 29.1 Å². The number of aromatic amines is 1. The summed E-state index contributed by atoms with van der Waals surface area (Å²) in [5, 5.41) is 0.796. The molecule has 0 bridgehead atoms. The van der Waals surface area contributed by atoms with Crippen LogP contribution in [0.2, 0.25) is 0 Å². The average molecular weight is 338 g/mol. The minimum absolute atomic E-state index is 0.0286. The van der Waals surface area contributed by atoms with E-state index >= 15 is 0 Å². The first-order valence-corrected chi connectivity index (χ1v) is 8.93. The summed E-state index contributed by atoms with van der Waals surface area (Å²) in [6.07, 6.45) is 8.18. The molecule has 0 aliphatic heterocycles. The molecule has 24 heavy (non-hydrogen) atoms. The van der Waals surface area contributed by atoms with E-state index in [1.54, 1.807) is 18.4 Å². The van der Waals surface area contributed by atoms with Crippen molar-refractivity contribution in [3.8, 4) is 5.75 Å². The van der Waals surface area contributed by atoms with Gasteiger partial charge in [0, 0.05) is 10.4 Å². The monoisotopic (exact) mass is 338 g/mol. The Bertz CT molecular complexity index is 985. The number of aryl methyl sites for hydroxylation is 2. The molecule has 2 heterocycles. The molecule has 1 aliphatic carbocycles. The molecule has 0 atom stereocenters. The number of methoxy groups -OCH3 is 1. The molecule has 0 radical (unpaired) electrons.